The number of nitrogens with zero attached hydrogens (tertiary/aromatic N) is 1. The van der Waals surface area contributed by atoms with Crippen molar-refractivity contribution in [1.29, 1.82) is 0 Å². The molecular weight excluding hydrogens is 220 g/mol. The van der Waals surface area contributed by atoms with Crippen molar-refractivity contribution in [3.8, 4) is 0 Å². The van der Waals surface area contributed by atoms with Crippen LogP contribution in [0.3, 0.4) is 0 Å². The molecular formula is C16H24N2. The summed E-state index contributed by atoms with van der Waals surface area (Å²) >= 11 is 0. The molecule has 3 unspecified atom stereocenters. The highest BCUT2D eigenvalue weighted by molar-refractivity contribution is 5.19. The normalized spacial score (nSPS) is 31.1. The average Bonchev–Trinajstić information content (AvgIpc) is 2.98. The second kappa shape index (κ2) is 5.00. The number of rotatable bonds is 5. The average molecular weight is 244 g/mol. The van der Waals surface area contributed by atoms with Crippen LogP contribution in [0.5, 0.6) is 0 Å². The molecule has 1 aromatic rings. The summed E-state index contributed by atoms with van der Waals surface area (Å²) in [5.41, 5.74) is 2.62. The molecule has 98 valence electrons. The maximum absolute atomic E-state index is 4.56. The number of fused-ring (bicyclic) bond motifs is 1. The lowest BCUT2D eigenvalue weighted by molar-refractivity contribution is 0.335. The zero-order chi connectivity index (χ0) is 12.5. The van der Waals surface area contributed by atoms with Gasteiger partial charge in [-0.15, -0.1) is 0 Å². The van der Waals surface area contributed by atoms with E-state index in [9.17, 15) is 0 Å². The molecule has 3 rings (SSSR count). The first-order valence-electron chi connectivity index (χ1n) is 7.41. The summed E-state index contributed by atoms with van der Waals surface area (Å²) in [6.07, 6.45) is 7.45. The van der Waals surface area contributed by atoms with Crippen LogP contribution in [0, 0.1) is 24.7 Å². The van der Waals surface area contributed by atoms with Gasteiger partial charge in [-0.25, -0.2) is 0 Å². The van der Waals surface area contributed by atoms with Crippen LogP contribution in [-0.4, -0.2) is 17.6 Å². The van der Waals surface area contributed by atoms with Crippen molar-refractivity contribution in [2.45, 2.75) is 45.6 Å². The zero-order valence-corrected chi connectivity index (χ0v) is 11.5. The van der Waals surface area contributed by atoms with Crippen molar-refractivity contribution in [2.75, 3.05) is 6.54 Å². The van der Waals surface area contributed by atoms with Gasteiger partial charge < -0.3 is 5.32 Å². The molecule has 0 aromatic carbocycles. The van der Waals surface area contributed by atoms with Crippen LogP contribution in [0.25, 0.3) is 0 Å². The lowest BCUT2D eigenvalue weighted by Crippen LogP contribution is -2.38. The Morgan fingerprint density at radius 1 is 1.33 bits per heavy atom. The van der Waals surface area contributed by atoms with E-state index in [4.69, 9.17) is 0 Å². The first kappa shape index (κ1) is 12.2. The number of hydrogen-bond acceptors (Lipinski definition) is 2. The molecule has 2 heteroatoms. The molecule has 2 aliphatic rings. The van der Waals surface area contributed by atoms with Crippen LogP contribution in [-0.2, 0) is 6.42 Å². The maximum Gasteiger partial charge on any atom is 0.0448 e. The SMILES string of the molecule is CCNC(Cc1ncccc1C)C1CC2CC2C1. The summed E-state index contributed by atoms with van der Waals surface area (Å²) in [7, 11) is 0. The second-order valence-electron chi connectivity index (χ2n) is 6.12. The van der Waals surface area contributed by atoms with Crippen LogP contribution >= 0.6 is 0 Å². The molecule has 0 radical (unpaired) electrons. The molecule has 0 spiro atoms. The lowest BCUT2D eigenvalue weighted by atomic mass is 9.90. The minimum absolute atomic E-state index is 0.636. The molecule has 0 aliphatic heterocycles. The molecule has 0 saturated heterocycles. The Morgan fingerprint density at radius 3 is 2.78 bits per heavy atom. The summed E-state index contributed by atoms with van der Waals surface area (Å²) in [5.74, 6) is 3.03. The van der Waals surface area contributed by atoms with Gasteiger partial charge in [-0.1, -0.05) is 13.0 Å². The van der Waals surface area contributed by atoms with Gasteiger partial charge >= 0.3 is 0 Å². The molecule has 2 nitrogen and oxygen atoms in total. The Morgan fingerprint density at radius 2 is 2.11 bits per heavy atom. The third-order valence-corrected chi connectivity index (χ3v) is 4.85. The Hall–Kier alpha value is -0.890. The van der Waals surface area contributed by atoms with Gasteiger partial charge in [0, 0.05) is 24.4 Å². The molecule has 2 aliphatic carbocycles. The molecule has 18 heavy (non-hydrogen) atoms. The van der Waals surface area contributed by atoms with Gasteiger partial charge in [0.1, 0.15) is 0 Å². The first-order valence-corrected chi connectivity index (χ1v) is 7.41. The Labute approximate surface area is 110 Å². The van der Waals surface area contributed by atoms with E-state index in [1.54, 1.807) is 0 Å². The van der Waals surface area contributed by atoms with E-state index in [1.807, 2.05) is 12.3 Å². The van der Waals surface area contributed by atoms with E-state index in [1.165, 1.54) is 30.5 Å². The molecule has 1 aromatic heterocycles. The van der Waals surface area contributed by atoms with Crippen LogP contribution in [0.4, 0.5) is 0 Å². The smallest absolute Gasteiger partial charge is 0.0448 e. The van der Waals surface area contributed by atoms with Gasteiger partial charge in [-0.05, 0) is 62.1 Å². The van der Waals surface area contributed by atoms with Crippen molar-refractivity contribution >= 4 is 0 Å². The van der Waals surface area contributed by atoms with Crippen molar-refractivity contribution in [3.05, 3.63) is 29.6 Å². The minimum atomic E-state index is 0.636. The number of hydrogen-bond donors (Lipinski definition) is 1. The van der Waals surface area contributed by atoms with E-state index in [2.05, 4.69) is 30.2 Å². The molecule has 1 N–H and O–H groups in total. The number of aryl methyl sites for hydroxylation is 1. The molecule has 0 amide bonds. The highest BCUT2D eigenvalue weighted by Crippen LogP contribution is 2.55. The number of nitrogens with one attached hydrogen (secondary N) is 1. The van der Waals surface area contributed by atoms with E-state index >= 15 is 0 Å². The van der Waals surface area contributed by atoms with Crippen LogP contribution in [0.2, 0.25) is 0 Å². The topological polar surface area (TPSA) is 24.9 Å². The fourth-order valence-electron chi connectivity index (χ4n) is 3.70. The van der Waals surface area contributed by atoms with Crippen LogP contribution in [0.15, 0.2) is 18.3 Å². The Bertz CT molecular complexity index is 405. The predicted molar refractivity (Wildman–Crippen MR) is 74.5 cm³/mol. The quantitative estimate of drug-likeness (QED) is 0.861. The van der Waals surface area contributed by atoms with Gasteiger partial charge in [0.25, 0.3) is 0 Å². The van der Waals surface area contributed by atoms with Gasteiger partial charge in [-0.3, -0.25) is 4.98 Å². The third kappa shape index (κ3) is 2.44. The monoisotopic (exact) mass is 244 g/mol. The minimum Gasteiger partial charge on any atom is -0.314 e. The summed E-state index contributed by atoms with van der Waals surface area (Å²) in [6, 6.07) is 4.85. The number of aromatic nitrogens is 1. The van der Waals surface area contributed by atoms with Gasteiger partial charge in [0.05, 0.1) is 0 Å². The summed E-state index contributed by atoms with van der Waals surface area (Å²) < 4.78 is 0. The highest BCUT2D eigenvalue weighted by Gasteiger charge is 2.47. The van der Waals surface area contributed by atoms with Crippen molar-refractivity contribution in [1.82, 2.24) is 10.3 Å². The van der Waals surface area contributed by atoms with E-state index in [0.717, 1.165) is 30.7 Å². The van der Waals surface area contributed by atoms with E-state index < -0.39 is 0 Å². The van der Waals surface area contributed by atoms with Gasteiger partial charge in [0.15, 0.2) is 0 Å². The van der Waals surface area contributed by atoms with Crippen LogP contribution < -0.4 is 5.32 Å². The standard InChI is InChI=1S/C16H24N2/c1-3-17-16(14-8-12-7-13(12)9-14)10-15-11(2)5-4-6-18-15/h4-6,12-14,16-17H,3,7-10H2,1-2H3. The zero-order valence-electron chi connectivity index (χ0n) is 11.5. The number of likely N-dealkylation sites (N-methyl/N-ethyl adjacent to an activating group) is 1. The second-order valence-corrected chi connectivity index (χ2v) is 6.12. The third-order valence-electron chi connectivity index (χ3n) is 4.85. The highest BCUT2D eigenvalue weighted by atomic mass is 14.9. The Kier molecular flexibility index (Phi) is 3.38. The molecule has 1 heterocycles. The molecule has 2 saturated carbocycles. The molecule has 3 atom stereocenters. The Balaban J connectivity index is 1.68. The summed E-state index contributed by atoms with van der Waals surface area (Å²) in [6.45, 7) is 5.47. The molecule has 0 bridgehead atoms. The fraction of sp³-hybridized carbons (Fsp3) is 0.688. The molecule has 2 fully saturated rings. The van der Waals surface area contributed by atoms with Gasteiger partial charge in [-0.2, -0.15) is 0 Å². The predicted octanol–water partition coefficient (Wildman–Crippen LogP) is 2.96. The largest absolute Gasteiger partial charge is 0.314 e. The van der Waals surface area contributed by atoms with Gasteiger partial charge in [0.2, 0.25) is 0 Å². The van der Waals surface area contributed by atoms with Crippen molar-refractivity contribution in [2.24, 2.45) is 17.8 Å². The fourth-order valence-corrected chi connectivity index (χ4v) is 3.70. The lowest BCUT2D eigenvalue weighted by Gasteiger charge is -2.26. The summed E-state index contributed by atoms with van der Waals surface area (Å²) in [5, 5.41) is 3.70. The number of pyridine rings is 1. The van der Waals surface area contributed by atoms with Crippen LogP contribution in [0.1, 0.15) is 37.4 Å². The van der Waals surface area contributed by atoms with E-state index in [-0.39, 0.29) is 0 Å². The van der Waals surface area contributed by atoms with E-state index in [0.29, 0.717) is 6.04 Å². The summed E-state index contributed by atoms with van der Waals surface area (Å²) in [4.78, 5) is 4.56. The maximum atomic E-state index is 4.56. The first-order chi connectivity index (χ1) is 8.78. The van der Waals surface area contributed by atoms with Crippen molar-refractivity contribution < 1.29 is 0 Å². The van der Waals surface area contributed by atoms with Crippen molar-refractivity contribution in [3.63, 3.8) is 0 Å².